The maximum atomic E-state index is 9.83. The van der Waals surface area contributed by atoms with E-state index in [0.717, 1.165) is 12.2 Å². The minimum Gasteiger partial charge on any atom is -0.396 e. The van der Waals surface area contributed by atoms with E-state index in [1.807, 2.05) is 24.0 Å². The molecule has 1 rings (SSSR count). The molecule has 1 aromatic carbocycles. The van der Waals surface area contributed by atoms with E-state index in [-0.39, 0.29) is 0 Å². The fraction of sp³-hybridized carbons (Fsp3) is 0.500. The summed E-state index contributed by atoms with van der Waals surface area (Å²) in [5, 5.41) is 10.4. The van der Waals surface area contributed by atoms with Crippen LogP contribution in [0.1, 0.15) is 20.8 Å². The maximum absolute atomic E-state index is 9.83. The lowest BCUT2D eigenvalue weighted by Crippen LogP contribution is -2.38. The molecule has 0 radical (unpaired) electrons. The average Bonchev–Trinajstić information content (AvgIpc) is 2.18. The summed E-state index contributed by atoms with van der Waals surface area (Å²) in [6, 6.07) is 5.54. The van der Waals surface area contributed by atoms with Crippen molar-refractivity contribution in [2.24, 2.45) is 0 Å². The monoisotopic (exact) mass is 242 g/mol. The van der Waals surface area contributed by atoms with Gasteiger partial charge in [0.05, 0.1) is 22.0 Å². The minimum atomic E-state index is -0.759. The second kappa shape index (κ2) is 4.93. The summed E-state index contributed by atoms with van der Waals surface area (Å²) >= 11 is 5.97. The molecule has 0 aromatic heterocycles. The van der Waals surface area contributed by atoms with E-state index in [9.17, 15) is 5.11 Å². The van der Waals surface area contributed by atoms with Crippen LogP contribution in [0.15, 0.2) is 18.2 Å². The minimum absolute atomic E-state index is 0.522. The second-order valence-corrected chi connectivity index (χ2v) is 4.91. The van der Waals surface area contributed by atoms with Crippen molar-refractivity contribution in [1.29, 1.82) is 0 Å². The zero-order valence-electron chi connectivity index (χ0n) is 10.00. The van der Waals surface area contributed by atoms with Gasteiger partial charge in [-0.25, -0.2) is 0 Å². The SMILES string of the molecule is CCN(CC(C)(C)O)c1cccc(Cl)c1N. The predicted molar refractivity (Wildman–Crippen MR) is 70.0 cm³/mol. The van der Waals surface area contributed by atoms with Crippen LogP contribution in [-0.4, -0.2) is 23.8 Å². The molecule has 0 saturated heterocycles. The maximum Gasteiger partial charge on any atom is 0.0765 e. The first-order valence-electron chi connectivity index (χ1n) is 5.36. The average molecular weight is 243 g/mol. The highest BCUT2D eigenvalue weighted by Crippen LogP contribution is 2.30. The molecule has 0 aliphatic carbocycles. The van der Waals surface area contributed by atoms with Gasteiger partial charge >= 0.3 is 0 Å². The summed E-state index contributed by atoms with van der Waals surface area (Å²) in [6.07, 6.45) is 0. The fourth-order valence-electron chi connectivity index (χ4n) is 1.64. The number of nitrogens with zero attached hydrogens (tertiary/aromatic N) is 1. The number of nitrogen functional groups attached to an aromatic ring is 1. The van der Waals surface area contributed by atoms with Crippen LogP contribution in [0.2, 0.25) is 5.02 Å². The van der Waals surface area contributed by atoms with Crippen molar-refractivity contribution in [1.82, 2.24) is 0 Å². The Morgan fingerprint density at radius 2 is 2.06 bits per heavy atom. The number of rotatable bonds is 4. The van der Waals surface area contributed by atoms with E-state index < -0.39 is 5.60 Å². The van der Waals surface area contributed by atoms with Crippen molar-refractivity contribution >= 4 is 23.0 Å². The Bertz CT molecular complexity index is 361. The highest BCUT2D eigenvalue weighted by Gasteiger charge is 2.19. The number of nitrogens with two attached hydrogens (primary N) is 1. The Morgan fingerprint density at radius 3 is 2.56 bits per heavy atom. The number of aliphatic hydroxyl groups is 1. The van der Waals surface area contributed by atoms with Crippen molar-refractivity contribution < 1.29 is 5.11 Å². The quantitative estimate of drug-likeness (QED) is 0.798. The van der Waals surface area contributed by atoms with Crippen LogP contribution < -0.4 is 10.6 Å². The van der Waals surface area contributed by atoms with E-state index in [1.165, 1.54) is 0 Å². The number of halogens is 1. The smallest absolute Gasteiger partial charge is 0.0765 e. The van der Waals surface area contributed by atoms with Crippen molar-refractivity contribution in [3.63, 3.8) is 0 Å². The first-order chi connectivity index (χ1) is 7.35. The van der Waals surface area contributed by atoms with Gasteiger partial charge in [-0.05, 0) is 32.9 Å². The molecule has 0 spiro atoms. The lowest BCUT2D eigenvalue weighted by Gasteiger charge is -2.30. The molecule has 0 heterocycles. The van der Waals surface area contributed by atoms with Crippen molar-refractivity contribution in [3.05, 3.63) is 23.2 Å². The second-order valence-electron chi connectivity index (χ2n) is 4.50. The number of para-hydroxylation sites is 1. The molecule has 0 aliphatic rings. The molecular weight excluding hydrogens is 224 g/mol. The van der Waals surface area contributed by atoms with Gasteiger partial charge in [0.1, 0.15) is 0 Å². The zero-order chi connectivity index (χ0) is 12.3. The number of likely N-dealkylation sites (N-methyl/N-ethyl adjacent to an activating group) is 1. The summed E-state index contributed by atoms with van der Waals surface area (Å²) in [7, 11) is 0. The van der Waals surface area contributed by atoms with Crippen molar-refractivity contribution in [3.8, 4) is 0 Å². The van der Waals surface area contributed by atoms with E-state index in [0.29, 0.717) is 17.3 Å². The Hall–Kier alpha value is -0.930. The number of hydrogen-bond donors (Lipinski definition) is 2. The van der Waals surface area contributed by atoms with Gasteiger partial charge in [0.15, 0.2) is 0 Å². The van der Waals surface area contributed by atoms with Crippen LogP contribution in [0.5, 0.6) is 0 Å². The molecular formula is C12H19ClN2O. The summed E-state index contributed by atoms with van der Waals surface area (Å²) in [6.45, 7) is 6.86. The van der Waals surface area contributed by atoms with Gasteiger partial charge in [0, 0.05) is 13.1 Å². The van der Waals surface area contributed by atoms with Gasteiger partial charge in [0.2, 0.25) is 0 Å². The Morgan fingerprint density at radius 1 is 1.44 bits per heavy atom. The third kappa shape index (κ3) is 3.29. The van der Waals surface area contributed by atoms with Crippen molar-refractivity contribution in [2.45, 2.75) is 26.4 Å². The van der Waals surface area contributed by atoms with Gasteiger partial charge in [-0.3, -0.25) is 0 Å². The van der Waals surface area contributed by atoms with Crippen LogP contribution in [0, 0.1) is 0 Å². The normalized spacial score (nSPS) is 11.6. The summed E-state index contributed by atoms with van der Waals surface area (Å²) < 4.78 is 0. The van der Waals surface area contributed by atoms with Gasteiger partial charge < -0.3 is 15.7 Å². The number of hydrogen-bond acceptors (Lipinski definition) is 3. The van der Waals surface area contributed by atoms with E-state index >= 15 is 0 Å². The highest BCUT2D eigenvalue weighted by atomic mass is 35.5. The van der Waals surface area contributed by atoms with Crippen LogP contribution in [0.25, 0.3) is 0 Å². The summed E-state index contributed by atoms with van der Waals surface area (Å²) in [4.78, 5) is 2.02. The molecule has 90 valence electrons. The molecule has 0 amide bonds. The van der Waals surface area contributed by atoms with Crippen LogP contribution >= 0.6 is 11.6 Å². The highest BCUT2D eigenvalue weighted by molar-refractivity contribution is 6.33. The van der Waals surface area contributed by atoms with Crippen LogP contribution in [0.3, 0.4) is 0 Å². The van der Waals surface area contributed by atoms with E-state index in [4.69, 9.17) is 17.3 Å². The molecule has 3 nitrogen and oxygen atoms in total. The largest absolute Gasteiger partial charge is 0.396 e. The predicted octanol–water partition coefficient (Wildman–Crippen LogP) is 2.52. The Balaban J connectivity index is 3.00. The molecule has 0 unspecified atom stereocenters. The Labute approximate surface area is 102 Å². The molecule has 0 fully saturated rings. The molecule has 0 saturated carbocycles. The summed E-state index contributed by atoms with van der Waals surface area (Å²) in [5.74, 6) is 0. The lowest BCUT2D eigenvalue weighted by molar-refractivity contribution is 0.0876. The number of benzene rings is 1. The van der Waals surface area contributed by atoms with Gasteiger partial charge in [-0.15, -0.1) is 0 Å². The fourth-order valence-corrected chi connectivity index (χ4v) is 1.81. The topological polar surface area (TPSA) is 49.5 Å². The molecule has 1 aromatic rings. The third-order valence-corrected chi connectivity index (χ3v) is 2.66. The summed E-state index contributed by atoms with van der Waals surface area (Å²) in [5.41, 5.74) is 6.60. The zero-order valence-corrected chi connectivity index (χ0v) is 10.8. The van der Waals surface area contributed by atoms with E-state index in [2.05, 4.69) is 0 Å². The third-order valence-electron chi connectivity index (χ3n) is 2.33. The van der Waals surface area contributed by atoms with Crippen LogP contribution in [0.4, 0.5) is 11.4 Å². The van der Waals surface area contributed by atoms with Crippen molar-refractivity contribution in [2.75, 3.05) is 23.7 Å². The van der Waals surface area contributed by atoms with E-state index in [1.54, 1.807) is 19.9 Å². The van der Waals surface area contributed by atoms with Crippen LogP contribution in [-0.2, 0) is 0 Å². The molecule has 16 heavy (non-hydrogen) atoms. The van der Waals surface area contributed by atoms with Gasteiger partial charge in [-0.1, -0.05) is 17.7 Å². The lowest BCUT2D eigenvalue weighted by atomic mass is 10.1. The molecule has 0 aliphatic heterocycles. The van der Waals surface area contributed by atoms with Gasteiger partial charge in [0.25, 0.3) is 0 Å². The number of anilines is 2. The molecule has 0 atom stereocenters. The molecule has 4 heteroatoms. The molecule has 0 bridgehead atoms. The first-order valence-corrected chi connectivity index (χ1v) is 5.74. The Kier molecular flexibility index (Phi) is 4.05. The molecule has 3 N–H and O–H groups in total. The standard InChI is InChI=1S/C12H19ClN2O/c1-4-15(8-12(2,3)16)10-7-5-6-9(13)11(10)14/h5-7,16H,4,8,14H2,1-3H3. The van der Waals surface area contributed by atoms with Gasteiger partial charge in [-0.2, -0.15) is 0 Å². The first kappa shape index (κ1) is 13.1.